The molecule has 3 rings (SSSR count). The molecule has 31 heavy (non-hydrogen) atoms. The van der Waals surface area contributed by atoms with Gasteiger partial charge in [-0.15, -0.1) is 0 Å². The topological polar surface area (TPSA) is 119 Å². The third kappa shape index (κ3) is 4.22. The van der Waals surface area contributed by atoms with Crippen LogP contribution in [0.1, 0.15) is 11.1 Å². The molecule has 0 bridgehead atoms. The molecule has 0 aliphatic carbocycles. The predicted octanol–water partition coefficient (Wildman–Crippen LogP) is 2.62. The average Bonchev–Trinajstić information content (AvgIpc) is 2.78. The second-order valence-corrected chi connectivity index (χ2v) is 6.65. The van der Waals surface area contributed by atoms with Crippen LogP contribution in [0, 0.1) is 10.1 Å². The van der Waals surface area contributed by atoms with Crippen molar-refractivity contribution in [2.75, 3.05) is 21.2 Å². The van der Waals surface area contributed by atoms with Gasteiger partial charge in [0, 0.05) is 20.2 Å². The first-order valence-corrected chi connectivity index (χ1v) is 9.09. The van der Waals surface area contributed by atoms with E-state index in [1.165, 1.54) is 33.3 Å². The molecule has 10 heteroatoms. The maximum Gasteiger partial charge on any atom is 0.333 e. The number of ether oxygens (including phenoxy) is 2. The van der Waals surface area contributed by atoms with E-state index in [2.05, 4.69) is 0 Å². The molecule has 160 valence electrons. The maximum atomic E-state index is 12.3. The van der Waals surface area contributed by atoms with Crippen LogP contribution in [-0.4, -0.2) is 53.8 Å². The summed E-state index contributed by atoms with van der Waals surface area (Å²) < 4.78 is 11.0. The van der Waals surface area contributed by atoms with Crippen LogP contribution in [-0.2, 0) is 16.2 Å². The number of urea groups is 1. The Morgan fingerprint density at radius 1 is 1.00 bits per heavy atom. The largest absolute Gasteiger partial charge is 0.493 e. The van der Waals surface area contributed by atoms with Gasteiger partial charge in [-0.3, -0.25) is 29.5 Å². The molecule has 10 nitrogen and oxygen atoms in total. The molecule has 1 heterocycles. The van der Waals surface area contributed by atoms with E-state index in [9.17, 15) is 24.5 Å². The lowest BCUT2D eigenvalue weighted by atomic mass is 10.1. The van der Waals surface area contributed by atoms with Gasteiger partial charge >= 0.3 is 6.03 Å². The van der Waals surface area contributed by atoms with E-state index in [1.54, 1.807) is 36.4 Å². The number of carbonyl (C=O) groups excluding carboxylic acids is 3. The van der Waals surface area contributed by atoms with Crippen LogP contribution in [0.5, 0.6) is 11.5 Å². The Morgan fingerprint density at radius 3 is 2.26 bits per heavy atom. The fourth-order valence-electron chi connectivity index (χ4n) is 3.00. The first-order chi connectivity index (χ1) is 14.7. The van der Waals surface area contributed by atoms with Crippen molar-refractivity contribution in [1.29, 1.82) is 0 Å². The smallest absolute Gasteiger partial charge is 0.333 e. The zero-order valence-electron chi connectivity index (χ0n) is 17.0. The molecule has 0 saturated carbocycles. The number of benzene rings is 2. The highest BCUT2D eigenvalue weighted by atomic mass is 16.6. The third-order valence-electron chi connectivity index (χ3n) is 4.71. The van der Waals surface area contributed by atoms with E-state index in [0.717, 1.165) is 9.80 Å². The number of para-hydroxylation sites is 1. The fourth-order valence-corrected chi connectivity index (χ4v) is 3.00. The van der Waals surface area contributed by atoms with Crippen molar-refractivity contribution in [3.8, 4) is 11.5 Å². The normalized spacial score (nSPS) is 14.0. The summed E-state index contributed by atoms with van der Waals surface area (Å²) in [5.74, 6) is -0.775. The zero-order valence-corrected chi connectivity index (χ0v) is 17.0. The molecule has 0 unspecified atom stereocenters. The van der Waals surface area contributed by atoms with Gasteiger partial charge in [-0.25, -0.2) is 4.79 Å². The number of amides is 4. The van der Waals surface area contributed by atoms with Gasteiger partial charge in [0.2, 0.25) is 0 Å². The highest BCUT2D eigenvalue weighted by Gasteiger charge is 2.37. The second kappa shape index (κ2) is 8.66. The van der Waals surface area contributed by atoms with Crippen molar-refractivity contribution in [3.05, 3.63) is 69.3 Å². The number of hydrogen-bond donors (Lipinski definition) is 0. The van der Waals surface area contributed by atoms with E-state index < -0.39 is 22.8 Å². The predicted molar refractivity (Wildman–Crippen MR) is 109 cm³/mol. The number of rotatable bonds is 6. The number of hydrogen-bond acceptors (Lipinski definition) is 7. The van der Waals surface area contributed by atoms with Gasteiger partial charge in [0.1, 0.15) is 12.2 Å². The van der Waals surface area contributed by atoms with Crippen LogP contribution in [0.25, 0.3) is 6.08 Å². The molecule has 1 saturated heterocycles. The van der Waals surface area contributed by atoms with Crippen molar-refractivity contribution < 1.29 is 28.8 Å². The Morgan fingerprint density at radius 2 is 1.65 bits per heavy atom. The van der Waals surface area contributed by atoms with Crippen molar-refractivity contribution >= 4 is 29.6 Å². The van der Waals surface area contributed by atoms with Crippen LogP contribution in [0.4, 0.5) is 10.5 Å². The Hall–Kier alpha value is -4.21. The van der Waals surface area contributed by atoms with Crippen molar-refractivity contribution in [2.45, 2.75) is 6.61 Å². The van der Waals surface area contributed by atoms with Gasteiger partial charge in [0.15, 0.2) is 11.5 Å². The summed E-state index contributed by atoms with van der Waals surface area (Å²) in [6.45, 7) is -0.0530. The van der Waals surface area contributed by atoms with E-state index in [-0.39, 0.29) is 17.9 Å². The van der Waals surface area contributed by atoms with Crippen molar-refractivity contribution in [1.82, 2.24) is 9.80 Å². The quantitative estimate of drug-likeness (QED) is 0.302. The molecule has 0 atom stereocenters. The summed E-state index contributed by atoms with van der Waals surface area (Å²) in [5, 5.41) is 11.1. The molecule has 0 spiro atoms. The number of methoxy groups -OCH3 is 1. The van der Waals surface area contributed by atoms with Gasteiger partial charge < -0.3 is 9.47 Å². The van der Waals surface area contributed by atoms with E-state index >= 15 is 0 Å². The monoisotopic (exact) mass is 425 g/mol. The summed E-state index contributed by atoms with van der Waals surface area (Å²) in [4.78, 5) is 48.9. The molecule has 0 N–H and O–H groups in total. The fraction of sp³-hybridized carbons (Fsp3) is 0.190. The first-order valence-electron chi connectivity index (χ1n) is 9.09. The minimum Gasteiger partial charge on any atom is -0.493 e. The molecular formula is C21H19N3O7. The summed E-state index contributed by atoms with van der Waals surface area (Å²) in [6.07, 6.45) is 1.36. The average molecular weight is 425 g/mol. The van der Waals surface area contributed by atoms with Crippen LogP contribution in [0.15, 0.2) is 48.0 Å². The molecule has 0 radical (unpaired) electrons. The lowest BCUT2D eigenvalue weighted by Gasteiger charge is -2.28. The Labute approximate surface area is 177 Å². The maximum absolute atomic E-state index is 12.3. The molecule has 2 aromatic rings. The van der Waals surface area contributed by atoms with Crippen LogP contribution >= 0.6 is 0 Å². The highest BCUT2D eigenvalue weighted by Crippen LogP contribution is 2.31. The molecule has 1 fully saturated rings. The molecule has 2 aromatic carbocycles. The highest BCUT2D eigenvalue weighted by molar-refractivity contribution is 6.30. The Balaban J connectivity index is 1.86. The van der Waals surface area contributed by atoms with Crippen LogP contribution in [0.3, 0.4) is 0 Å². The molecule has 1 aliphatic rings. The summed E-state index contributed by atoms with van der Waals surface area (Å²) >= 11 is 0. The Kier molecular flexibility index (Phi) is 6.00. The number of nitro benzene ring substituents is 1. The van der Waals surface area contributed by atoms with E-state index in [1.807, 2.05) is 0 Å². The van der Waals surface area contributed by atoms with E-state index in [0.29, 0.717) is 22.6 Å². The second-order valence-electron chi connectivity index (χ2n) is 6.65. The summed E-state index contributed by atoms with van der Waals surface area (Å²) in [7, 11) is 4.00. The Bertz CT molecular complexity index is 1080. The lowest BCUT2D eigenvalue weighted by Crippen LogP contribution is -2.52. The van der Waals surface area contributed by atoms with Gasteiger partial charge in [-0.05, 0) is 29.8 Å². The minimum absolute atomic E-state index is 0.0530. The van der Waals surface area contributed by atoms with Gasteiger partial charge in [0.25, 0.3) is 17.5 Å². The third-order valence-corrected chi connectivity index (χ3v) is 4.71. The standard InChI is InChI=1S/C21H19N3O7/c1-22-19(25)15(20(26)23(2)21(22)27)10-13-8-9-17(18(11-13)30-3)31-12-14-6-4-5-7-16(14)24(28)29/h4-11H,12H2,1-3H3. The number of carbonyl (C=O) groups is 3. The number of likely N-dealkylation sites (N-methyl/N-ethyl adjacent to an activating group) is 2. The van der Waals surface area contributed by atoms with Crippen LogP contribution in [0.2, 0.25) is 0 Å². The minimum atomic E-state index is -0.705. The zero-order chi connectivity index (χ0) is 22.7. The molecular weight excluding hydrogens is 406 g/mol. The summed E-state index contributed by atoms with van der Waals surface area (Å²) in [5.41, 5.74) is 0.651. The molecule has 1 aliphatic heterocycles. The van der Waals surface area contributed by atoms with E-state index in [4.69, 9.17) is 9.47 Å². The molecule has 0 aromatic heterocycles. The summed E-state index contributed by atoms with van der Waals surface area (Å²) in [6, 6.07) is 10.2. The molecule has 4 amide bonds. The number of nitrogens with zero attached hydrogens (tertiary/aromatic N) is 3. The number of barbiturate groups is 1. The van der Waals surface area contributed by atoms with Crippen molar-refractivity contribution in [3.63, 3.8) is 0 Å². The SMILES string of the molecule is COc1cc(C=C2C(=O)N(C)C(=O)N(C)C2=O)ccc1OCc1ccccc1[N+](=O)[O-]. The number of nitro groups is 1. The van der Waals surface area contributed by atoms with Gasteiger partial charge in [0.05, 0.1) is 17.6 Å². The van der Waals surface area contributed by atoms with Crippen molar-refractivity contribution in [2.24, 2.45) is 0 Å². The first kappa shape index (κ1) is 21.5. The lowest BCUT2D eigenvalue weighted by molar-refractivity contribution is -0.385. The van der Waals surface area contributed by atoms with Gasteiger partial charge in [-0.1, -0.05) is 18.2 Å². The number of imide groups is 2. The van der Waals surface area contributed by atoms with Crippen LogP contribution < -0.4 is 9.47 Å². The van der Waals surface area contributed by atoms with Gasteiger partial charge in [-0.2, -0.15) is 0 Å².